The summed E-state index contributed by atoms with van der Waals surface area (Å²) in [6.45, 7) is 4.41. The molecule has 0 bridgehead atoms. The van der Waals surface area contributed by atoms with E-state index in [0.29, 0.717) is 18.8 Å². The molecule has 0 fully saturated rings. The van der Waals surface area contributed by atoms with Gasteiger partial charge in [0.25, 0.3) is 0 Å². The molecular formula is C17H19NO3. The van der Waals surface area contributed by atoms with Gasteiger partial charge >= 0.3 is 0 Å². The van der Waals surface area contributed by atoms with E-state index >= 15 is 0 Å². The molecule has 21 heavy (non-hydrogen) atoms. The normalized spacial score (nSPS) is 10.0. The molecule has 110 valence electrons. The Morgan fingerprint density at radius 2 is 1.43 bits per heavy atom. The molecule has 0 aromatic heterocycles. The van der Waals surface area contributed by atoms with Gasteiger partial charge < -0.3 is 14.8 Å². The van der Waals surface area contributed by atoms with E-state index in [1.807, 2.05) is 62.4 Å². The summed E-state index contributed by atoms with van der Waals surface area (Å²) in [5.74, 6) is 2.27. The molecule has 1 amide bonds. The van der Waals surface area contributed by atoms with Crippen molar-refractivity contribution in [3.8, 4) is 17.2 Å². The molecule has 0 saturated carbocycles. The van der Waals surface area contributed by atoms with E-state index in [-0.39, 0.29) is 5.91 Å². The first-order chi connectivity index (χ1) is 10.2. The molecule has 0 heterocycles. The summed E-state index contributed by atoms with van der Waals surface area (Å²) in [4.78, 5) is 11.3. The summed E-state index contributed by atoms with van der Waals surface area (Å²) >= 11 is 0. The molecule has 2 rings (SSSR count). The minimum atomic E-state index is -0.00446. The second-order valence-corrected chi connectivity index (χ2v) is 4.43. The molecule has 0 aliphatic carbocycles. The van der Waals surface area contributed by atoms with Crippen LogP contribution < -0.4 is 14.8 Å². The van der Waals surface area contributed by atoms with Crippen molar-refractivity contribution in [2.45, 2.75) is 20.3 Å². The Labute approximate surface area is 124 Å². The number of anilines is 1. The van der Waals surface area contributed by atoms with E-state index in [9.17, 15) is 4.79 Å². The molecule has 2 aromatic carbocycles. The number of amides is 1. The smallest absolute Gasteiger partial charge is 0.224 e. The maximum Gasteiger partial charge on any atom is 0.224 e. The Bertz CT molecular complexity index is 576. The molecular weight excluding hydrogens is 266 g/mol. The van der Waals surface area contributed by atoms with Gasteiger partial charge in [-0.1, -0.05) is 6.92 Å². The van der Waals surface area contributed by atoms with Gasteiger partial charge in [-0.15, -0.1) is 0 Å². The summed E-state index contributed by atoms with van der Waals surface area (Å²) in [5, 5.41) is 2.79. The molecule has 4 heteroatoms. The van der Waals surface area contributed by atoms with Gasteiger partial charge in [-0.25, -0.2) is 0 Å². The molecule has 2 aromatic rings. The SMILES string of the molecule is CCOc1ccc(Oc2ccc(NC(=O)CC)cc2)cc1. The number of nitrogens with one attached hydrogen (secondary N) is 1. The van der Waals surface area contributed by atoms with Crippen LogP contribution in [0.4, 0.5) is 5.69 Å². The van der Waals surface area contributed by atoms with Crippen molar-refractivity contribution >= 4 is 11.6 Å². The zero-order chi connectivity index (χ0) is 15.1. The maximum absolute atomic E-state index is 11.3. The van der Waals surface area contributed by atoms with Crippen LogP contribution in [-0.2, 0) is 4.79 Å². The lowest BCUT2D eigenvalue weighted by atomic mass is 10.3. The van der Waals surface area contributed by atoms with E-state index in [4.69, 9.17) is 9.47 Å². The van der Waals surface area contributed by atoms with E-state index in [0.717, 1.165) is 17.2 Å². The molecule has 0 radical (unpaired) electrons. The number of hydrogen-bond acceptors (Lipinski definition) is 3. The first-order valence-corrected chi connectivity index (χ1v) is 7.02. The van der Waals surface area contributed by atoms with Crippen LogP contribution in [0.15, 0.2) is 48.5 Å². The standard InChI is InChI=1S/C17H19NO3/c1-3-17(19)18-13-5-7-15(8-6-13)21-16-11-9-14(10-12-16)20-4-2/h5-12H,3-4H2,1-2H3,(H,18,19). The van der Waals surface area contributed by atoms with Gasteiger partial charge in [0.2, 0.25) is 5.91 Å². The number of carbonyl (C=O) groups excluding carboxylic acids is 1. The second kappa shape index (κ2) is 7.33. The number of hydrogen-bond donors (Lipinski definition) is 1. The van der Waals surface area contributed by atoms with Crippen LogP contribution in [-0.4, -0.2) is 12.5 Å². The summed E-state index contributed by atoms with van der Waals surface area (Å²) in [6, 6.07) is 14.7. The molecule has 0 saturated heterocycles. The van der Waals surface area contributed by atoms with Crippen molar-refractivity contribution in [3.63, 3.8) is 0 Å². The fraction of sp³-hybridized carbons (Fsp3) is 0.235. The van der Waals surface area contributed by atoms with E-state index in [1.54, 1.807) is 0 Å². The third-order valence-corrected chi connectivity index (χ3v) is 2.83. The first-order valence-electron chi connectivity index (χ1n) is 7.02. The number of ether oxygens (including phenoxy) is 2. The minimum absolute atomic E-state index is 0.00446. The van der Waals surface area contributed by atoms with Crippen LogP contribution in [0, 0.1) is 0 Å². The molecule has 0 aliphatic heterocycles. The van der Waals surface area contributed by atoms with Crippen molar-refractivity contribution in [2.24, 2.45) is 0 Å². The molecule has 0 spiro atoms. The third-order valence-electron chi connectivity index (χ3n) is 2.83. The molecule has 4 nitrogen and oxygen atoms in total. The number of carbonyl (C=O) groups is 1. The van der Waals surface area contributed by atoms with Crippen molar-refractivity contribution in [1.29, 1.82) is 0 Å². The Hall–Kier alpha value is -2.49. The zero-order valence-electron chi connectivity index (χ0n) is 12.3. The predicted octanol–water partition coefficient (Wildman–Crippen LogP) is 4.23. The number of benzene rings is 2. The van der Waals surface area contributed by atoms with Crippen LogP contribution in [0.5, 0.6) is 17.2 Å². The largest absolute Gasteiger partial charge is 0.494 e. The van der Waals surface area contributed by atoms with Crippen LogP contribution >= 0.6 is 0 Å². The Balaban J connectivity index is 1.97. The van der Waals surface area contributed by atoms with Gasteiger partial charge in [0, 0.05) is 12.1 Å². The van der Waals surface area contributed by atoms with Gasteiger partial charge in [-0.3, -0.25) is 4.79 Å². The van der Waals surface area contributed by atoms with Gasteiger partial charge in [-0.2, -0.15) is 0 Å². The lowest BCUT2D eigenvalue weighted by Crippen LogP contribution is -2.08. The predicted molar refractivity (Wildman–Crippen MR) is 83.0 cm³/mol. The minimum Gasteiger partial charge on any atom is -0.494 e. The molecule has 0 atom stereocenters. The fourth-order valence-electron chi connectivity index (χ4n) is 1.76. The Morgan fingerprint density at radius 3 is 1.95 bits per heavy atom. The second-order valence-electron chi connectivity index (χ2n) is 4.43. The van der Waals surface area contributed by atoms with Crippen LogP contribution in [0.2, 0.25) is 0 Å². The molecule has 1 N–H and O–H groups in total. The monoisotopic (exact) mass is 285 g/mol. The van der Waals surface area contributed by atoms with Crippen molar-refractivity contribution < 1.29 is 14.3 Å². The van der Waals surface area contributed by atoms with Crippen molar-refractivity contribution in [2.75, 3.05) is 11.9 Å². The van der Waals surface area contributed by atoms with Gasteiger partial charge in [0.05, 0.1) is 6.61 Å². The van der Waals surface area contributed by atoms with Crippen molar-refractivity contribution in [1.82, 2.24) is 0 Å². The Kier molecular flexibility index (Phi) is 5.21. The lowest BCUT2D eigenvalue weighted by molar-refractivity contribution is -0.115. The quantitative estimate of drug-likeness (QED) is 0.864. The molecule has 0 unspecified atom stereocenters. The maximum atomic E-state index is 11.3. The van der Waals surface area contributed by atoms with Gasteiger partial charge in [0.15, 0.2) is 0 Å². The topological polar surface area (TPSA) is 47.6 Å². The highest BCUT2D eigenvalue weighted by Crippen LogP contribution is 2.25. The summed E-state index contributed by atoms with van der Waals surface area (Å²) in [5.41, 5.74) is 0.765. The zero-order valence-corrected chi connectivity index (χ0v) is 12.3. The third kappa shape index (κ3) is 4.53. The summed E-state index contributed by atoms with van der Waals surface area (Å²) < 4.78 is 11.1. The van der Waals surface area contributed by atoms with E-state index in [1.165, 1.54) is 0 Å². The van der Waals surface area contributed by atoms with E-state index in [2.05, 4.69) is 5.32 Å². The van der Waals surface area contributed by atoms with Crippen LogP contribution in [0.1, 0.15) is 20.3 Å². The number of rotatable bonds is 6. The average Bonchev–Trinajstić information content (AvgIpc) is 2.51. The average molecular weight is 285 g/mol. The highest BCUT2D eigenvalue weighted by molar-refractivity contribution is 5.90. The van der Waals surface area contributed by atoms with Gasteiger partial charge in [0.1, 0.15) is 17.2 Å². The highest BCUT2D eigenvalue weighted by atomic mass is 16.5. The summed E-state index contributed by atoms with van der Waals surface area (Å²) in [6.07, 6.45) is 0.463. The van der Waals surface area contributed by atoms with Gasteiger partial charge in [-0.05, 0) is 55.5 Å². The lowest BCUT2D eigenvalue weighted by Gasteiger charge is -2.08. The highest BCUT2D eigenvalue weighted by Gasteiger charge is 2.01. The van der Waals surface area contributed by atoms with Crippen LogP contribution in [0.3, 0.4) is 0 Å². The fourth-order valence-corrected chi connectivity index (χ4v) is 1.76. The summed E-state index contributed by atoms with van der Waals surface area (Å²) in [7, 11) is 0. The molecule has 0 aliphatic rings. The first kappa shape index (κ1) is 14.9. The van der Waals surface area contributed by atoms with Crippen molar-refractivity contribution in [3.05, 3.63) is 48.5 Å². The van der Waals surface area contributed by atoms with E-state index < -0.39 is 0 Å². The Morgan fingerprint density at radius 1 is 0.905 bits per heavy atom. The van der Waals surface area contributed by atoms with Crippen LogP contribution in [0.25, 0.3) is 0 Å².